The van der Waals surface area contributed by atoms with Gasteiger partial charge in [0.05, 0.1) is 11.7 Å². The van der Waals surface area contributed by atoms with Crippen molar-refractivity contribution in [3.63, 3.8) is 0 Å². The van der Waals surface area contributed by atoms with E-state index in [9.17, 15) is 4.79 Å². The molecule has 1 aromatic rings. The number of urea groups is 1. The molecule has 2 rings (SSSR count). The van der Waals surface area contributed by atoms with Crippen molar-refractivity contribution >= 4 is 6.03 Å². The van der Waals surface area contributed by atoms with E-state index in [1.807, 2.05) is 18.2 Å². The molecule has 2 N–H and O–H groups in total. The highest BCUT2D eigenvalue weighted by Crippen LogP contribution is 2.31. The van der Waals surface area contributed by atoms with Crippen molar-refractivity contribution in [1.29, 1.82) is 0 Å². The second-order valence-electron chi connectivity index (χ2n) is 5.61. The lowest BCUT2D eigenvalue weighted by Crippen LogP contribution is -2.40. The van der Waals surface area contributed by atoms with Gasteiger partial charge < -0.3 is 10.6 Å². The second-order valence-corrected chi connectivity index (χ2v) is 5.61. The van der Waals surface area contributed by atoms with E-state index in [1.54, 1.807) is 6.20 Å². The molecule has 0 bridgehead atoms. The second kappa shape index (κ2) is 6.55. The van der Waals surface area contributed by atoms with Crippen molar-refractivity contribution in [2.75, 3.05) is 6.54 Å². The predicted octanol–water partition coefficient (Wildman–Crippen LogP) is 2.88. The summed E-state index contributed by atoms with van der Waals surface area (Å²) in [6, 6.07) is 5.66. The molecule has 1 heterocycles. The van der Waals surface area contributed by atoms with Gasteiger partial charge in [0.15, 0.2) is 0 Å². The first-order chi connectivity index (χ1) is 9.16. The first kappa shape index (κ1) is 13.8. The van der Waals surface area contributed by atoms with Crippen LogP contribution in [0.15, 0.2) is 24.4 Å². The van der Waals surface area contributed by atoms with Gasteiger partial charge in [0.1, 0.15) is 0 Å². The van der Waals surface area contributed by atoms with E-state index in [4.69, 9.17) is 0 Å². The molecule has 1 unspecified atom stereocenters. The molecule has 1 saturated carbocycles. The Hall–Kier alpha value is -1.58. The Morgan fingerprint density at radius 2 is 2.21 bits per heavy atom. The van der Waals surface area contributed by atoms with Crippen molar-refractivity contribution in [3.8, 4) is 0 Å². The van der Waals surface area contributed by atoms with Gasteiger partial charge >= 0.3 is 6.03 Å². The van der Waals surface area contributed by atoms with Gasteiger partial charge in [-0.2, -0.15) is 0 Å². The molecular formula is C15H23N3O. The molecule has 0 aromatic carbocycles. The van der Waals surface area contributed by atoms with E-state index in [-0.39, 0.29) is 12.1 Å². The highest BCUT2D eigenvalue weighted by Gasteiger charge is 2.22. The number of pyridine rings is 1. The third kappa shape index (κ3) is 4.54. The maximum Gasteiger partial charge on any atom is 0.315 e. The van der Waals surface area contributed by atoms with E-state index >= 15 is 0 Å². The lowest BCUT2D eigenvalue weighted by atomic mass is 10.0. The normalized spacial score (nSPS) is 16.2. The third-order valence-corrected chi connectivity index (χ3v) is 3.49. The van der Waals surface area contributed by atoms with Crippen LogP contribution < -0.4 is 10.6 Å². The number of hydrogen-bond donors (Lipinski definition) is 2. The first-order valence-electron chi connectivity index (χ1n) is 7.12. The zero-order chi connectivity index (χ0) is 13.7. The van der Waals surface area contributed by atoms with Crippen LogP contribution in [0.3, 0.4) is 0 Å². The van der Waals surface area contributed by atoms with Crippen LogP contribution in [0.5, 0.6) is 0 Å². The van der Waals surface area contributed by atoms with Gasteiger partial charge in [-0.25, -0.2) is 4.79 Å². The summed E-state index contributed by atoms with van der Waals surface area (Å²) in [4.78, 5) is 16.2. The number of aromatic nitrogens is 1. The Kier molecular flexibility index (Phi) is 4.77. The molecule has 19 heavy (non-hydrogen) atoms. The number of rotatable bonds is 6. The average Bonchev–Trinajstić information content (AvgIpc) is 3.21. The van der Waals surface area contributed by atoms with Gasteiger partial charge in [0, 0.05) is 12.7 Å². The number of hydrogen-bond acceptors (Lipinski definition) is 2. The fourth-order valence-electron chi connectivity index (χ4n) is 2.13. The van der Waals surface area contributed by atoms with E-state index in [2.05, 4.69) is 29.5 Å². The summed E-state index contributed by atoms with van der Waals surface area (Å²) < 4.78 is 0. The minimum Gasteiger partial charge on any atom is -0.338 e. The highest BCUT2D eigenvalue weighted by molar-refractivity contribution is 5.74. The Labute approximate surface area is 115 Å². The SMILES string of the molecule is CC(C)C(NC(=O)NCCC1CC1)c1ccccn1. The van der Waals surface area contributed by atoms with Crippen LogP contribution in [0.25, 0.3) is 0 Å². The van der Waals surface area contributed by atoms with Crippen LogP contribution in [0.1, 0.15) is 44.8 Å². The molecule has 1 fully saturated rings. The molecule has 0 spiro atoms. The summed E-state index contributed by atoms with van der Waals surface area (Å²) in [5.41, 5.74) is 0.912. The van der Waals surface area contributed by atoms with E-state index in [0.717, 1.165) is 24.6 Å². The molecule has 1 aromatic heterocycles. The van der Waals surface area contributed by atoms with Crippen molar-refractivity contribution < 1.29 is 4.79 Å². The molecule has 4 heteroatoms. The average molecular weight is 261 g/mol. The zero-order valence-electron chi connectivity index (χ0n) is 11.7. The van der Waals surface area contributed by atoms with E-state index in [0.29, 0.717) is 5.92 Å². The first-order valence-corrected chi connectivity index (χ1v) is 7.12. The summed E-state index contributed by atoms with van der Waals surface area (Å²) in [5, 5.41) is 5.95. The lowest BCUT2D eigenvalue weighted by molar-refractivity contribution is 0.232. The molecule has 0 aliphatic heterocycles. The van der Waals surface area contributed by atoms with Crippen LogP contribution in [0.2, 0.25) is 0 Å². The Morgan fingerprint density at radius 1 is 1.42 bits per heavy atom. The summed E-state index contributed by atoms with van der Waals surface area (Å²) in [6.45, 7) is 4.94. The summed E-state index contributed by atoms with van der Waals surface area (Å²) in [5.74, 6) is 1.15. The molecule has 1 atom stereocenters. The number of carbonyl (C=O) groups is 1. The molecule has 4 nitrogen and oxygen atoms in total. The zero-order valence-corrected chi connectivity index (χ0v) is 11.7. The van der Waals surface area contributed by atoms with Gasteiger partial charge in [0.25, 0.3) is 0 Å². The van der Waals surface area contributed by atoms with Crippen molar-refractivity contribution in [3.05, 3.63) is 30.1 Å². The Balaban J connectivity index is 1.83. The monoisotopic (exact) mass is 261 g/mol. The summed E-state index contributed by atoms with van der Waals surface area (Å²) in [6.07, 6.45) is 5.51. The highest BCUT2D eigenvalue weighted by atomic mass is 16.2. The number of carbonyl (C=O) groups excluding carboxylic acids is 1. The van der Waals surface area contributed by atoms with Crippen LogP contribution in [0, 0.1) is 11.8 Å². The molecule has 2 amide bonds. The van der Waals surface area contributed by atoms with Gasteiger partial charge in [0.2, 0.25) is 0 Å². The molecule has 0 radical (unpaired) electrons. The van der Waals surface area contributed by atoms with Crippen LogP contribution >= 0.6 is 0 Å². The molecule has 1 aliphatic rings. The Bertz CT molecular complexity index is 401. The van der Waals surface area contributed by atoms with Gasteiger partial charge in [-0.15, -0.1) is 0 Å². The molecule has 0 saturated heterocycles. The maximum absolute atomic E-state index is 11.9. The number of nitrogens with one attached hydrogen (secondary N) is 2. The lowest BCUT2D eigenvalue weighted by Gasteiger charge is -2.22. The summed E-state index contributed by atoms with van der Waals surface area (Å²) in [7, 11) is 0. The van der Waals surface area contributed by atoms with Crippen molar-refractivity contribution in [2.24, 2.45) is 11.8 Å². The number of nitrogens with zero attached hydrogens (tertiary/aromatic N) is 1. The Morgan fingerprint density at radius 3 is 2.79 bits per heavy atom. The predicted molar refractivity (Wildman–Crippen MR) is 75.7 cm³/mol. The molecular weight excluding hydrogens is 238 g/mol. The van der Waals surface area contributed by atoms with Crippen LogP contribution in [-0.2, 0) is 0 Å². The number of amides is 2. The fourth-order valence-corrected chi connectivity index (χ4v) is 2.13. The fraction of sp³-hybridized carbons (Fsp3) is 0.600. The van der Waals surface area contributed by atoms with Crippen LogP contribution in [-0.4, -0.2) is 17.6 Å². The third-order valence-electron chi connectivity index (χ3n) is 3.49. The molecule has 104 valence electrons. The topological polar surface area (TPSA) is 54.0 Å². The molecule has 1 aliphatic carbocycles. The standard InChI is InChI=1S/C15H23N3O/c1-11(2)14(13-5-3-4-9-16-13)18-15(19)17-10-8-12-6-7-12/h3-5,9,11-12,14H,6-8,10H2,1-2H3,(H2,17,18,19). The largest absolute Gasteiger partial charge is 0.338 e. The summed E-state index contributed by atoms with van der Waals surface area (Å²) >= 11 is 0. The van der Waals surface area contributed by atoms with Gasteiger partial charge in [-0.1, -0.05) is 32.8 Å². The van der Waals surface area contributed by atoms with Gasteiger partial charge in [-0.05, 0) is 30.4 Å². The minimum absolute atomic E-state index is 0.0397. The minimum atomic E-state index is -0.0926. The van der Waals surface area contributed by atoms with E-state index in [1.165, 1.54) is 12.8 Å². The van der Waals surface area contributed by atoms with Crippen LogP contribution in [0.4, 0.5) is 4.79 Å². The van der Waals surface area contributed by atoms with Gasteiger partial charge in [-0.3, -0.25) is 4.98 Å². The van der Waals surface area contributed by atoms with E-state index < -0.39 is 0 Å². The maximum atomic E-state index is 11.9. The quantitative estimate of drug-likeness (QED) is 0.827. The van der Waals surface area contributed by atoms with Crippen molar-refractivity contribution in [2.45, 2.75) is 39.2 Å². The van der Waals surface area contributed by atoms with Crippen molar-refractivity contribution in [1.82, 2.24) is 15.6 Å². The smallest absolute Gasteiger partial charge is 0.315 e.